The predicted molar refractivity (Wildman–Crippen MR) is 111 cm³/mol. The molecule has 0 aromatic heterocycles. The Bertz CT molecular complexity index is 1340. The van der Waals surface area contributed by atoms with Gasteiger partial charge in [-0.3, -0.25) is 19.2 Å². The summed E-state index contributed by atoms with van der Waals surface area (Å²) in [6, 6.07) is 17.9. The lowest BCUT2D eigenvalue weighted by atomic mass is 9.75. The molecule has 0 bridgehead atoms. The minimum atomic E-state index is -1.54. The van der Waals surface area contributed by atoms with Crippen LogP contribution >= 0.6 is 0 Å². The van der Waals surface area contributed by atoms with Crippen LogP contribution in [0.15, 0.2) is 78.4 Å². The highest BCUT2D eigenvalue weighted by Gasteiger charge is 2.45. The fraction of sp³-hybridized carbons (Fsp3) is 0.0400. The van der Waals surface area contributed by atoms with E-state index in [4.69, 9.17) is 0 Å². The lowest BCUT2D eigenvalue weighted by Crippen LogP contribution is -2.35. The minimum absolute atomic E-state index is 0.0829. The number of amides is 1. The summed E-state index contributed by atoms with van der Waals surface area (Å²) in [6.45, 7) is 0. The van der Waals surface area contributed by atoms with Crippen LogP contribution in [0.3, 0.4) is 0 Å². The van der Waals surface area contributed by atoms with Crippen LogP contribution in [0.5, 0.6) is 0 Å². The first-order chi connectivity index (χ1) is 15.0. The topological polar surface area (TPSA) is 80.3 Å². The van der Waals surface area contributed by atoms with Gasteiger partial charge < -0.3 is 5.32 Å². The van der Waals surface area contributed by atoms with Gasteiger partial charge in [-0.15, -0.1) is 0 Å². The summed E-state index contributed by atoms with van der Waals surface area (Å²) in [7, 11) is 0. The van der Waals surface area contributed by atoms with Crippen molar-refractivity contribution in [2.75, 3.05) is 5.32 Å². The molecule has 1 aliphatic carbocycles. The van der Waals surface area contributed by atoms with Crippen molar-refractivity contribution in [3.63, 3.8) is 0 Å². The molecule has 5 nitrogen and oxygen atoms in total. The number of halogens is 1. The summed E-state index contributed by atoms with van der Waals surface area (Å²) in [5.74, 6) is -4.65. The molecule has 0 unspecified atom stereocenters. The maximum atomic E-state index is 14.1. The number of hydrogen-bond acceptors (Lipinski definition) is 4. The Morgan fingerprint density at radius 1 is 0.774 bits per heavy atom. The summed E-state index contributed by atoms with van der Waals surface area (Å²) in [5.41, 5.74) is 0.407. The van der Waals surface area contributed by atoms with Crippen molar-refractivity contribution in [2.24, 2.45) is 5.92 Å². The van der Waals surface area contributed by atoms with Gasteiger partial charge in [0.1, 0.15) is 11.7 Å². The molecule has 0 spiro atoms. The number of carbonyl (C=O) groups is 4. The number of nitrogens with one attached hydrogen (secondary N) is 1. The zero-order valence-corrected chi connectivity index (χ0v) is 16.0. The summed E-state index contributed by atoms with van der Waals surface area (Å²) in [5, 5.41) is 2.60. The van der Waals surface area contributed by atoms with Gasteiger partial charge in [-0.1, -0.05) is 54.6 Å². The molecule has 5 rings (SSSR count). The van der Waals surface area contributed by atoms with Crippen LogP contribution in [-0.2, 0) is 4.79 Å². The molecule has 150 valence electrons. The van der Waals surface area contributed by atoms with E-state index in [1.54, 1.807) is 30.3 Å². The van der Waals surface area contributed by atoms with Crippen molar-refractivity contribution < 1.29 is 23.6 Å². The van der Waals surface area contributed by atoms with Crippen molar-refractivity contribution in [1.29, 1.82) is 0 Å². The minimum Gasteiger partial charge on any atom is -0.325 e. The Labute approximate surface area is 176 Å². The number of rotatable bonds is 2. The first kappa shape index (κ1) is 18.8. The molecule has 0 radical (unpaired) electrons. The van der Waals surface area contributed by atoms with E-state index in [-0.39, 0.29) is 39.1 Å². The fourth-order valence-electron chi connectivity index (χ4n) is 4.13. The Morgan fingerprint density at radius 3 is 2.13 bits per heavy atom. The smallest absolute Gasteiger partial charge is 0.240 e. The van der Waals surface area contributed by atoms with Crippen LogP contribution < -0.4 is 5.32 Å². The second-order valence-electron chi connectivity index (χ2n) is 7.33. The molecule has 1 aliphatic heterocycles. The van der Waals surface area contributed by atoms with Gasteiger partial charge in [-0.05, 0) is 18.2 Å². The maximum Gasteiger partial charge on any atom is 0.240 e. The van der Waals surface area contributed by atoms with Gasteiger partial charge in [0.2, 0.25) is 5.91 Å². The van der Waals surface area contributed by atoms with Gasteiger partial charge in [0, 0.05) is 39.1 Å². The van der Waals surface area contributed by atoms with Crippen molar-refractivity contribution in [1.82, 2.24) is 0 Å². The van der Waals surface area contributed by atoms with E-state index >= 15 is 0 Å². The summed E-state index contributed by atoms with van der Waals surface area (Å²) < 4.78 is 14.1. The molecule has 0 fully saturated rings. The van der Waals surface area contributed by atoms with Gasteiger partial charge in [0.25, 0.3) is 0 Å². The van der Waals surface area contributed by atoms with Crippen molar-refractivity contribution >= 4 is 34.5 Å². The van der Waals surface area contributed by atoms with E-state index in [0.717, 1.165) is 12.1 Å². The highest BCUT2D eigenvalue weighted by molar-refractivity contribution is 6.44. The van der Waals surface area contributed by atoms with Gasteiger partial charge in [0.05, 0.1) is 0 Å². The van der Waals surface area contributed by atoms with Crippen molar-refractivity contribution in [3.05, 3.63) is 106 Å². The molecule has 3 aromatic carbocycles. The highest BCUT2D eigenvalue weighted by Crippen LogP contribution is 2.42. The van der Waals surface area contributed by atoms with Crippen LogP contribution in [0.2, 0.25) is 0 Å². The average Bonchev–Trinajstić information content (AvgIpc) is 2.91. The van der Waals surface area contributed by atoms with Gasteiger partial charge in [-0.2, -0.15) is 0 Å². The van der Waals surface area contributed by atoms with Crippen LogP contribution in [0.4, 0.5) is 10.1 Å². The van der Waals surface area contributed by atoms with E-state index in [1.807, 2.05) is 0 Å². The molecule has 1 atom stereocenters. The molecule has 0 saturated carbocycles. The van der Waals surface area contributed by atoms with Crippen LogP contribution in [-0.4, -0.2) is 23.3 Å². The first-order valence-corrected chi connectivity index (χ1v) is 9.60. The molecule has 0 saturated heterocycles. The Morgan fingerprint density at radius 2 is 1.42 bits per heavy atom. The third-order valence-electron chi connectivity index (χ3n) is 5.54. The lowest BCUT2D eigenvalue weighted by molar-refractivity contribution is -0.117. The number of Topliss-reactive ketones (excluding diaryl/α,β-unsaturated/α-hetero) is 3. The molecule has 6 heteroatoms. The number of carbonyl (C=O) groups excluding carboxylic acids is 4. The normalized spacial score (nSPS) is 17.3. The molecule has 31 heavy (non-hydrogen) atoms. The molecule has 2 aliphatic rings. The lowest BCUT2D eigenvalue weighted by Gasteiger charge is -2.23. The molecule has 1 amide bonds. The van der Waals surface area contributed by atoms with Crippen LogP contribution in [0.25, 0.3) is 5.57 Å². The largest absolute Gasteiger partial charge is 0.325 e. The number of ketones is 3. The van der Waals surface area contributed by atoms with Crippen molar-refractivity contribution in [3.8, 4) is 0 Å². The molecular weight excluding hydrogens is 397 g/mol. The Balaban J connectivity index is 1.83. The average molecular weight is 411 g/mol. The van der Waals surface area contributed by atoms with E-state index < -0.39 is 35.0 Å². The molecular formula is C25H14FNO4. The maximum absolute atomic E-state index is 14.1. The van der Waals surface area contributed by atoms with E-state index in [0.29, 0.717) is 0 Å². The zero-order chi connectivity index (χ0) is 21.7. The number of benzene rings is 3. The van der Waals surface area contributed by atoms with E-state index in [2.05, 4.69) is 5.32 Å². The van der Waals surface area contributed by atoms with Gasteiger partial charge >= 0.3 is 0 Å². The Kier molecular flexibility index (Phi) is 4.22. The van der Waals surface area contributed by atoms with Crippen molar-refractivity contribution in [2.45, 2.75) is 0 Å². The quantitative estimate of drug-likeness (QED) is 0.508. The monoisotopic (exact) mass is 411 g/mol. The zero-order valence-electron chi connectivity index (χ0n) is 16.0. The fourth-order valence-corrected chi connectivity index (χ4v) is 4.13. The van der Waals surface area contributed by atoms with Crippen LogP contribution in [0, 0.1) is 11.7 Å². The number of allylic oxidation sites excluding steroid dienone is 1. The van der Waals surface area contributed by atoms with E-state index in [1.165, 1.54) is 30.3 Å². The number of fused-ring (bicyclic) bond motifs is 3. The number of hydrogen-bond donors (Lipinski definition) is 1. The second-order valence-corrected chi connectivity index (χ2v) is 7.33. The standard InChI is InChI=1S/C25H14FNO4/c26-14-10-11-18-17(12-14)19-20(24(30)16-9-5-4-8-15(16)23(19)29)21(25(31)27-18)22(28)13-6-2-1-3-7-13/h1-12,21H,(H,27,31)/t21-/m1/s1. The number of anilines is 1. The summed E-state index contributed by atoms with van der Waals surface area (Å²) in [6.07, 6.45) is 0. The van der Waals surface area contributed by atoms with Gasteiger partial charge in [-0.25, -0.2) is 4.39 Å². The van der Waals surface area contributed by atoms with E-state index in [9.17, 15) is 23.6 Å². The second kappa shape index (κ2) is 6.95. The molecule has 1 N–H and O–H groups in total. The summed E-state index contributed by atoms with van der Waals surface area (Å²) in [4.78, 5) is 53.5. The third kappa shape index (κ3) is 2.84. The molecule has 1 heterocycles. The Hall–Kier alpha value is -4.19. The van der Waals surface area contributed by atoms with Gasteiger partial charge in [0.15, 0.2) is 17.3 Å². The first-order valence-electron chi connectivity index (χ1n) is 9.60. The molecule has 3 aromatic rings. The highest BCUT2D eigenvalue weighted by atomic mass is 19.1. The van der Waals surface area contributed by atoms with Crippen LogP contribution in [0.1, 0.15) is 36.6 Å². The SMILES string of the molecule is O=C1C2=C(C(=O)c3ccccc31)[C@H](C(=O)c1ccccc1)C(=O)Nc1ccc(F)cc12. The third-order valence-corrected chi connectivity index (χ3v) is 5.54. The summed E-state index contributed by atoms with van der Waals surface area (Å²) >= 11 is 0. The predicted octanol–water partition coefficient (Wildman–Crippen LogP) is 4.11.